The van der Waals surface area contributed by atoms with Gasteiger partial charge in [0.2, 0.25) is 0 Å². The van der Waals surface area contributed by atoms with Crippen molar-refractivity contribution in [3.63, 3.8) is 0 Å². The fourth-order valence-corrected chi connectivity index (χ4v) is 4.21. The summed E-state index contributed by atoms with van der Waals surface area (Å²) in [4.78, 5) is 36.2. The molecule has 2 aliphatic rings. The number of nitrogens with one attached hydrogen (secondary N) is 2. The van der Waals surface area contributed by atoms with Crippen molar-refractivity contribution < 1.29 is 9.59 Å². The third-order valence-electron chi connectivity index (χ3n) is 5.68. The molecule has 2 aromatic rings. The Labute approximate surface area is 150 Å². The maximum Gasteiger partial charge on any atom is 0.328 e. The van der Waals surface area contributed by atoms with Crippen LogP contribution in [0.2, 0.25) is 0 Å². The van der Waals surface area contributed by atoms with Gasteiger partial charge in [0, 0.05) is 26.3 Å². The molecule has 2 N–H and O–H groups in total. The van der Waals surface area contributed by atoms with Crippen LogP contribution in [0.5, 0.6) is 0 Å². The van der Waals surface area contributed by atoms with Crippen LogP contribution in [0.1, 0.15) is 12.8 Å². The number of anilines is 1. The van der Waals surface area contributed by atoms with Gasteiger partial charge in [-0.05, 0) is 48.8 Å². The molecule has 136 valence electrons. The van der Waals surface area contributed by atoms with Crippen LogP contribution in [0.15, 0.2) is 35.1 Å². The molecule has 0 aliphatic heterocycles. The standard InChI is InChI=1S/C19H22N4O3/c1-22-15-6-5-14(9-16(15)23(2)19(22)26)21-18(25)17(24)20-10-13-8-11-3-4-12(13)7-11/h3-6,9,11-13H,7-8,10H2,1-2H3,(H,20,24)(H,21,25)/t11-,12+,13-/m1/s1. The Kier molecular flexibility index (Phi) is 3.94. The average molecular weight is 354 g/mol. The van der Waals surface area contributed by atoms with Crippen molar-refractivity contribution >= 4 is 28.5 Å². The summed E-state index contributed by atoms with van der Waals surface area (Å²) in [5.74, 6) is 0.282. The van der Waals surface area contributed by atoms with Crippen LogP contribution in [0.4, 0.5) is 5.69 Å². The molecule has 1 aromatic carbocycles. The maximum absolute atomic E-state index is 12.2. The van der Waals surface area contributed by atoms with Gasteiger partial charge in [-0.1, -0.05) is 12.2 Å². The molecular formula is C19H22N4O3. The number of imidazole rings is 1. The summed E-state index contributed by atoms with van der Waals surface area (Å²) < 4.78 is 3.05. The molecule has 1 heterocycles. The third kappa shape index (κ3) is 2.73. The van der Waals surface area contributed by atoms with E-state index in [4.69, 9.17) is 0 Å². The van der Waals surface area contributed by atoms with E-state index in [9.17, 15) is 14.4 Å². The zero-order valence-corrected chi connectivity index (χ0v) is 14.9. The Bertz CT molecular complexity index is 985. The molecule has 3 atom stereocenters. The van der Waals surface area contributed by atoms with Crippen LogP contribution in [0, 0.1) is 17.8 Å². The molecule has 0 unspecified atom stereocenters. The van der Waals surface area contributed by atoms with E-state index >= 15 is 0 Å². The van der Waals surface area contributed by atoms with Crippen molar-refractivity contribution in [3.8, 4) is 0 Å². The van der Waals surface area contributed by atoms with E-state index < -0.39 is 11.8 Å². The number of amides is 2. The highest BCUT2D eigenvalue weighted by molar-refractivity contribution is 6.39. The molecule has 0 saturated heterocycles. The van der Waals surface area contributed by atoms with Crippen LogP contribution in [0.3, 0.4) is 0 Å². The predicted octanol–water partition coefficient (Wildman–Crippen LogP) is 1.14. The number of hydrogen-bond acceptors (Lipinski definition) is 3. The van der Waals surface area contributed by atoms with Gasteiger partial charge in [0.05, 0.1) is 11.0 Å². The van der Waals surface area contributed by atoms with Gasteiger partial charge in [-0.2, -0.15) is 0 Å². The summed E-state index contributed by atoms with van der Waals surface area (Å²) >= 11 is 0. The Morgan fingerprint density at radius 2 is 1.85 bits per heavy atom. The summed E-state index contributed by atoms with van der Waals surface area (Å²) in [6.07, 6.45) is 6.73. The summed E-state index contributed by atoms with van der Waals surface area (Å²) in [7, 11) is 3.37. The van der Waals surface area contributed by atoms with E-state index in [2.05, 4.69) is 22.8 Å². The molecule has 2 bridgehead atoms. The van der Waals surface area contributed by atoms with Gasteiger partial charge >= 0.3 is 17.5 Å². The van der Waals surface area contributed by atoms with Gasteiger partial charge in [0.1, 0.15) is 0 Å². The highest BCUT2D eigenvalue weighted by Crippen LogP contribution is 2.42. The second-order valence-electron chi connectivity index (χ2n) is 7.31. The summed E-state index contributed by atoms with van der Waals surface area (Å²) in [5.41, 5.74) is 1.82. The van der Waals surface area contributed by atoms with Gasteiger partial charge < -0.3 is 10.6 Å². The van der Waals surface area contributed by atoms with E-state index in [0.717, 1.165) is 11.9 Å². The second-order valence-corrected chi connectivity index (χ2v) is 7.31. The summed E-state index contributed by atoms with van der Waals surface area (Å²) in [6, 6.07) is 5.14. The largest absolute Gasteiger partial charge is 0.348 e. The predicted molar refractivity (Wildman–Crippen MR) is 98.6 cm³/mol. The number of benzene rings is 1. The lowest BCUT2D eigenvalue weighted by Crippen LogP contribution is -2.38. The molecule has 2 amide bonds. The number of aromatic nitrogens is 2. The molecule has 7 heteroatoms. The highest BCUT2D eigenvalue weighted by Gasteiger charge is 2.35. The number of rotatable bonds is 3. The number of hydrogen-bond donors (Lipinski definition) is 2. The van der Waals surface area contributed by atoms with Crippen LogP contribution >= 0.6 is 0 Å². The Hall–Kier alpha value is -2.83. The summed E-state index contributed by atoms with van der Waals surface area (Å²) in [5, 5.41) is 5.36. The lowest BCUT2D eigenvalue weighted by Gasteiger charge is -2.18. The quantitative estimate of drug-likeness (QED) is 0.640. The van der Waals surface area contributed by atoms with Crippen LogP contribution in [-0.2, 0) is 23.7 Å². The minimum Gasteiger partial charge on any atom is -0.348 e. The Morgan fingerprint density at radius 3 is 2.54 bits per heavy atom. The Balaban J connectivity index is 1.40. The lowest BCUT2D eigenvalue weighted by atomic mass is 9.94. The molecular weight excluding hydrogens is 332 g/mol. The van der Waals surface area contributed by atoms with E-state index in [1.165, 1.54) is 15.6 Å². The Morgan fingerprint density at radius 1 is 1.08 bits per heavy atom. The van der Waals surface area contributed by atoms with Crippen molar-refractivity contribution in [3.05, 3.63) is 40.8 Å². The molecule has 2 aliphatic carbocycles. The van der Waals surface area contributed by atoms with Crippen molar-refractivity contribution in [2.75, 3.05) is 11.9 Å². The van der Waals surface area contributed by atoms with Gasteiger partial charge in [-0.15, -0.1) is 0 Å². The number of allylic oxidation sites excluding steroid dienone is 2. The van der Waals surface area contributed by atoms with E-state index in [1.54, 1.807) is 32.3 Å². The van der Waals surface area contributed by atoms with Crippen LogP contribution < -0.4 is 16.3 Å². The van der Waals surface area contributed by atoms with Crippen molar-refractivity contribution in [1.82, 2.24) is 14.5 Å². The first-order valence-corrected chi connectivity index (χ1v) is 8.87. The van der Waals surface area contributed by atoms with E-state index in [-0.39, 0.29) is 5.69 Å². The monoisotopic (exact) mass is 354 g/mol. The minimum absolute atomic E-state index is 0.138. The minimum atomic E-state index is -0.691. The molecule has 26 heavy (non-hydrogen) atoms. The molecule has 1 saturated carbocycles. The van der Waals surface area contributed by atoms with Crippen molar-refractivity contribution in [2.45, 2.75) is 12.8 Å². The molecule has 4 rings (SSSR count). The average Bonchev–Trinajstić information content (AvgIpc) is 3.31. The number of fused-ring (bicyclic) bond motifs is 3. The number of nitrogens with zero attached hydrogens (tertiary/aromatic N) is 2. The van der Waals surface area contributed by atoms with Crippen LogP contribution in [0.25, 0.3) is 11.0 Å². The summed E-state index contributed by atoms with van der Waals surface area (Å²) in [6.45, 7) is 0.532. The SMILES string of the molecule is Cn1c(=O)n(C)c2cc(NC(=O)C(=O)NC[C@H]3C[C@@H]4C=C[C@H]3C4)ccc21. The first-order valence-electron chi connectivity index (χ1n) is 8.87. The smallest absolute Gasteiger partial charge is 0.328 e. The third-order valence-corrected chi connectivity index (χ3v) is 5.68. The fourth-order valence-electron chi connectivity index (χ4n) is 4.21. The van der Waals surface area contributed by atoms with E-state index in [1.807, 2.05) is 0 Å². The zero-order chi connectivity index (χ0) is 18.4. The maximum atomic E-state index is 12.2. The highest BCUT2D eigenvalue weighted by atomic mass is 16.2. The molecule has 1 aromatic heterocycles. The van der Waals surface area contributed by atoms with Gasteiger partial charge in [0.15, 0.2) is 0 Å². The lowest BCUT2D eigenvalue weighted by molar-refractivity contribution is -0.136. The van der Waals surface area contributed by atoms with Crippen molar-refractivity contribution in [2.24, 2.45) is 31.8 Å². The normalized spacial score (nSPS) is 23.5. The zero-order valence-electron chi connectivity index (χ0n) is 14.9. The van der Waals surface area contributed by atoms with Gasteiger partial charge in [0.25, 0.3) is 0 Å². The molecule has 0 spiro atoms. The molecule has 1 fully saturated rings. The number of carbonyl (C=O) groups is 2. The van der Waals surface area contributed by atoms with Gasteiger partial charge in [-0.3, -0.25) is 18.7 Å². The van der Waals surface area contributed by atoms with Crippen molar-refractivity contribution in [1.29, 1.82) is 0 Å². The number of carbonyl (C=O) groups excluding carboxylic acids is 2. The van der Waals surface area contributed by atoms with Gasteiger partial charge in [-0.25, -0.2) is 4.79 Å². The van der Waals surface area contributed by atoms with E-state index in [0.29, 0.717) is 35.5 Å². The first kappa shape index (κ1) is 16.6. The molecule has 7 nitrogen and oxygen atoms in total. The fraction of sp³-hybridized carbons (Fsp3) is 0.421. The second kappa shape index (κ2) is 6.16. The molecule has 0 radical (unpaired) electrons. The first-order chi connectivity index (χ1) is 12.4. The number of aryl methyl sites for hydroxylation is 2. The topological polar surface area (TPSA) is 85.1 Å². The van der Waals surface area contributed by atoms with Crippen LogP contribution in [-0.4, -0.2) is 27.5 Å².